The lowest BCUT2D eigenvalue weighted by atomic mass is 10.4. The summed E-state index contributed by atoms with van der Waals surface area (Å²) in [6, 6.07) is 0.474. The van der Waals surface area contributed by atoms with Crippen LogP contribution in [0.2, 0.25) is 0 Å². The Morgan fingerprint density at radius 1 is 1.38 bits per heavy atom. The summed E-state index contributed by atoms with van der Waals surface area (Å²) < 4.78 is 1.78. The number of hydrogen-bond acceptors (Lipinski definition) is 6. The Balaban J connectivity index is 2.10. The number of nitrogens with zero attached hydrogens (tertiary/aromatic N) is 3. The first-order chi connectivity index (χ1) is 9.86. The van der Waals surface area contributed by atoms with Crippen LogP contribution in [0, 0.1) is 0 Å². The fourth-order valence-corrected chi connectivity index (χ4v) is 2.60. The number of carbonyl (C=O) groups excluding carboxylic acids is 1. The zero-order valence-corrected chi connectivity index (χ0v) is 13.4. The first kappa shape index (κ1) is 15.3. The van der Waals surface area contributed by atoms with E-state index < -0.39 is 0 Å². The Kier molecular flexibility index (Phi) is 4.46. The van der Waals surface area contributed by atoms with Crippen molar-refractivity contribution in [3.63, 3.8) is 0 Å². The van der Waals surface area contributed by atoms with Crippen LogP contribution in [0.15, 0.2) is 12.4 Å². The van der Waals surface area contributed by atoms with Crippen molar-refractivity contribution < 1.29 is 4.79 Å². The smallest absolute Gasteiger partial charge is 0.269 e. The number of nitrogens with two attached hydrogens (primary N) is 1. The minimum Gasteiger partial charge on any atom is -0.382 e. The molecule has 0 bridgehead atoms. The molecule has 2 aromatic heterocycles. The van der Waals surface area contributed by atoms with Gasteiger partial charge >= 0.3 is 0 Å². The Morgan fingerprint density at radius 3 is 2.67 bits per heavy atom. The molecular formula is C13H20N6OS. The molecule has 0 aliphatic rings. The van der Waals surface area contributed by atoms with Gasteiger partial charge in [0.1, 0.15) is 10.7 Å². The van der Waals surface area contributed by atoms with E-state index in [-0.39, 0.29) is 23.8 Å². The summed E-state index contributed by atoms with van der Waals surface area (Å²) in [6.07, 6.45) is 3.40. The van der Waals surface area contributed by atoms with Crippen molar-refractivity contribution in [3.8, 4) is 0 Å². The van der Waals surface area contributed by atoms with E-state index in [9.17, 15) is 4.79 Å². The van der Waals surface area contributed by atoms with Crippen molar-refractivity contribution in [2.45, 2.75) is 39.8 Å². The lowest BCUT2D eigenvalue weighted by molar-refractivity contribution is 0.103. The van der Waals surface area contributed by atoms with Crippen molar-refractivity contribution in [2.24, 2.45) is 0 Å². The van der Waals surface area contributed by atoms with Gasteiger partial charge in [0.2, 0.25) is 0 Å². The van der Waals surface area contributed by atoms with Gasteiger partial charge in [-0.3, -0.25) is 9.48 Å². The van der Waals surface area contributed by atoms with Gasteiger partial charge in [0.05, 0.1) is 11.9 Å². The van der Waals surface area contributed by atoms with E-state index in [1.807, 2.05) is 27.7 Å². The van der Waals surface area contributed by atoms with Gasteiger partial charge in [-0.05, 0) is 27.7 Å². The molecule has 0 spiro atoms. The maximum absolute atomic E-state index is 12.2. The first-order valence-corrected chi connectivity index (χ1v) is 7.56. The summed E-state index contributed by atoms with van der Waals surface area (Å²) in [5.41, 5.74) is 6.44. The number of nitrogens with one attached hydrogen (secondary N) is 2. The Bertz CT molecular complexity index is 630. The van der Waals surface area contributed by atoms with E-state index in [1.54, 1.807) is 17.1 Å². The molecular weight excluding hydrogens is 288 g/mol. The molecule has 0 unspecified atom stereocenters. The Hall–Kier alpha value is -2.09. The average Bonchev–Trinajstić information content (AvgIpc) is 2.95. The summed E-state index contributed by atoms with van der Waals surface area (Å²) in [6.45, 7) is 8.03. The second-order valence-corrected chi connectivity index (χ2v) is 6.29. The third kappa shape index (κ3) is 3.72. The summed E-state index contributed by atoms with van der Waals surface area (Å²) in [5, 5.41) is 10.7. The molecule has 8 heteroatoms. The van der Waals surface area contributed by atoms with Crippen LogP contribution in [0.3, 0.4) is 0 Å². The van der Waals surface area contributed by atoms with Crippen molar-refractivity contribution in [1.29, 1.82) is 0 Å². The van der Waals surface area contributed by atoms with Crippen LogP contribution >= 0.6 is 11.3 Å². The molecule has 0 fully saturated rings. The van der Waals surface area contributed by atoms with Crippen LogP contribution in [0.4, 0.5) is 16.6 Å². The SMILES string of the molecule is CC(C)Nc1nc(N)c(C(=O)Nc2cnn(C(C)C)c2)s1. The molecule has 0 aliphatic heterocycles. The molecule has 2 aromatic rings. The molecule has 7 nitrogen and oxygen atoms in total. The van der Waals surface area contributed by atoms with Crippen LogP contribution in [0.1, 0.15) is 43.4 Å². The van der Waals surface area contributed by atoms with E-state index in [4.69, 9.17) is 5.73 Å². The maximum atomic E-state index is 12.2. The van der Waals surface area contributed by atoms with Crippen molar-refractivity contribution in [2.75, 3.05) is 16.4 Å². The van der Waals surface area contributed by atoms with Gasteiger partial charge in [-0.1, -0.05) is 11.3 Å². The number of aromatic nitrogens is 3. The molecule has 0 saturated carbocycles. The van der Waals surface area contributed by atoms with Gasteiger partial charge < -0.3 is 16.4 Å². The van der Waals surface area contributed by atoms with Crippen LogP contribution in [-0.2, 0) is 0 Å². The number of anilines is 3. The van der Waals surface area contributed by atoms with Gasteiger partial charge in [0.25, 0.3) is 5.91 Å². The number of hydrogen-bond donors (Lipinski definition) is 3. The van der Waals surface area contributed by atoms with Gasteiger partial charge in [-0.15, -0.1) is 0 Å². The molecule has 114 valence electrons. The van der Waals surface area contributed by atoms with Crippen LogP contribution in [-0.4, -0.2) is 26.7 Å². The standard InChI is InChI=1S/C13H20N6OS/c1-7(2)16-13-18-11(14)10(21-13)12(20)17-9-5-15-19(6-9)8(3)4/h5-8H,14H2,1-4H3,(H,16,18)(H,17,20). The molecule has 0 aromatic carbocycles. The third-order valence-electron chi connectivity index (χ3n) is 2.66. The van der Waals surface area contributed by atoms with E-state index >= 15 is 0 Å². The lowest BCUT2D eigenvalue weighted by Crippen LogP contribution is -2.11. The second-order valence-electron chi connectivity index (χ2n) is 5.29. The first-order valence-electron chi connectivity index (χ1n) is 6.75. The molecule has 0 aliphatic carbocycles. The average molecular weight is 308 g/mol. The number of carbonyl (C=O) groups is 1. The largest absolute Gasteiger partial charge is 0.382 e. The predicted octanol–water partition coefficient (Wildman–Crippen LogP) is 2.58. The van der Waals surface area contributed by atoms with Gasteiger partial charge in [0.15, 0.2) is 5.13 Å². The highest BCUT2D eigenvalue weighted by Gasteiger charge is 2.17. The van der Waals surface area contributed by atoms with E-state index in [0.29, 0.717) is 15.7 Å². The summed E-state index contributed by atoms with van der Waals surface area (Å²) in [7, 11) is 0. The zero-order valence-electron chi connectivity index (χ0n) is 12.5. The van der Waals surface area contributed by atoms with E-state index in [0.717, 1.165) is 0 Å². The molecule has 2 rings (SSSR count). The fourth-order valence-electron chi connectivity index (χ4n) is 1.68. The van der Waals surface area contributed by atoms with Crippen molar-refractivity contribution in [1.82, 2.24) is 14.8 Å². The Morgan fingerprint density at radius 2 is 2.10 bits per heavy atom. The summed E-state index contributed by atoms with van der Waals surface area (Å²) in [5.74, 6) is -0.0398. The van der Waals surface area contributed by atoms with Crippen LogP contribution < -0.4 is 16.4 Å². The maximum Gasteiger partial charge on any atom is 0.269 e. The lowest BCUT2D eigenvalue weighted by Gasteiger charge is -2.04. The van der Waals surface area contributed by atoms with Gasteiger partial charge in [-0.2, -0.15) is 5.10 Å². The fraction of sp³-hybridized carbons (Fsp3) is 0.462. The molecule has 4 N–H and O–H groups in total. The molecule has 1 amide bonds. The monoisotopic (exact) mass is 308 g/mol. The highest BCUT2D eigenvalue weighted by molar-refractivity contribution is 7.18. The normalized spacial score (nSPS) is 11.1. The predicted molar refractivity (Wildman–Crippen MR) is 85.9 cm³/mol. The minimum absolute atomic E-state index is 0.232. The van der Waals surface area contributed by atoms with Gasteiger partial charge in [-0.25, -0.2) is 4.98 Å². The number of rotatable bonds is 5. The van der Waals surface area contributed by atoms with Crippen LogP contribution in [0.25, 0.3) is 0 Å². The number of amides is 1. The zero-order chi connectivity index (χ0) is 15.6. The second kappa shape index (κ2) is 6.13. The number of nitrogen functional groups attached to an aromatic ring is 1. The third-order valence-corrected chi connectivity index (χ3v) is 3.66. The molecule has 0 radical (unpaired) electrons. The van der Waals surface area contributed by atoms with Crippen molar-refractivity contribution >= 4 is 33.9 Å². The van der Waals surface area contributed by atoms with E-state index in [2.05, 4.69) is 20.7 Å². The topological polar surface area (TPSA) is 97.9 Å². The highest BCUT2D eigenvalue weighted by Crippen LogP contribution is 2.26. The van der Waals surface area contributed by atoms with Gasteiger partial charge in [0, 0.05) is 18.3 Å². The number of thiazole rings is 1. The molecule has 21 heavy (non-hydrogen) atoms. The van der Waals surface area contributed by atoms with Crippen molar-refractivity contribution in [3.05, 3.63) is 17.3 Å². The molecule has 0 saturated heterocycles. The summed E-state index contributed by atoms with van der Waals surface area (Å²) in [4.78, 5) is 16.8. The van der Waals surface area contributed by atoms with Crippen LogP contribution in [0.5, 0.6) is 0 Å². The van der Waals surface area contributed by atoms with E-state index in [1.165, 1.54) is 11.3 Å². The summed E-state index contributed by atoms with van der Waals surface area (Å²) >= 11 is 1.24. The minimum atomic E-state index is -0.273. The quantitative estimate of drug-likeness (QED) is 0.788. The molecule has 2 heterocycles. The molecule has 0 atom stereocenters. The Labute approximate surface area is 127 Å². The highest BCUT2D eigenvalue weighted by atomic mass is 32.1.